The molecule has 7 nitrogen and oxygen atoms in total. The van der Waals surface area contributed by atoms with Crippen LogP contribution in [-0.2, 0) is 26.3 Å². The quantitative estimate of drug-likeness (QED) is 0.564. The molecule has 35 heavy (non-hydrogen) atoms. The molecule has 2 aromatic rings. The van der Waals surface area contributed by atoms with Gasteiger partial charge in [0.05, 0.1) is 18.8 Å². The minimum absolute atomic E-state index is 0.0647. The average molecular weight is 481 g/mol. The number of nitrogens with one attached hydrogen (secondary N) is 2. The Labute approximate surface area is 209 Å². The fourth-order valence-corrected chi connectivity index (χ4v) is 4.67. The van der Waals surface area contributed by atoms with Crippen LogP contribution in [0.5, 0.6) is 0 Å². The SMILES string of the molecule is CC.CC(C)(N)C(=O)N[C@H](COCc1ccccc1)C(=O)N1CCC2(CC1)CNc1ccccc12. The monoisotopic (exact) mass is 480 g/mol. The Balaban J connectivity index is 0.00000167. The molecule has 2 aromatic carbocycles. The van der Waals surface area contributed by atoms with Gasteiger partial charge in [0, 0.05) is 30.7 Å². The molecular formula is C28H40N4O3. The van der Waals surface area contributed by atoms with Gasteiger partial charge >= 0.3 is 0 Å². The van der Waals surface area contributed by atoms with Crippen LogP contribution in [0.25, 0.3) is 0 Å². The number of likely N-dealkylation sites (tertiary alicyclic amines) is 1. The van der Waals surface area contributed by atoms with E-state index in [2.05, 4.69) is 28.8 Å². The Morgan fingerprint density at radius 1 is 1.09 bits per heavy atom. The Bertz CT molecular complexity index is 979. The van der Waals surface area contributed by atoms with E-state index in [0.717, 1.165) is 24.9 Å². The van der Waals surface area contributed by atoms with Crippen molar-refractivity contribution in [2.45, 2.75) is 64.1 Å². The van der Waals surface area contributed by atoms with E-state index in [-0.39, 0.29) is 23.8 Å². The summed E-state index contributed by atoms with van der Waals surface area (Å²) in [4.78, 5) is 27.8. The number of amides is 2. The number of benzene rings is 2. The van der Waals surface area contributed by atoms with Crippen LogP contribution < -0.4 is 16.4 Å². The largest absolute Gasteiger partial charge is 0.384 e. The summed E-state index contributed by atoms with van der Waals surface area (Å²) in [6.07, 6.45) is 1.77. The lowest BCUT2D eigenvalue weighted by atomic mass is 9.74. The highest BCUT2D eigenvalue weighted by Gasteiger charge is 2.43. The molecule has 2 heterocycles. The van der Waals surface area contributed by atoms with E-state index in [1.54, 1.807) is 13.8 Å². The van der Waals surface area contributed by atoms with Crippen molar-refractivity contribution >= 4 is 17.5 Å². The van der Waals surface area contributed by atoms with E-state index in [0.29, 0.717) is 19.7 Å². The zero-order valence-corrected chi connectivity index (χ0v) is 21.5. The van der Waals surface area contributed by atoms with Crippen molar-refractivity contribution in [3.8, 4) is 0 Å². The van der Waals surface area contributed by atoms with Gasteiger partial charge in [-0.05, 0) is 43.9 Å². The van der Waals surface area contributed by atoms with Crippen LogP contribution in [0.1, 0.15) is 51.7 Å². The number of carbonyl (C=O) groups is 2. The van der Waals surface area contributed by atoms with Crippen LogP contribution in [0, 0.1) is 0 Å². The number of carbonyl (C=O) groups excluding carboxylic acids is 2. The van der Waals surface area contributed by atoms with Gasteiger partial charge in [0.15, 0.2) is 0 Å². The third-order valence-corrected chi connectivity index (χ3v) is 6.73. The van der Waals surface area contributed by atoms with Gasteiger partial charge in [0.1, 0.15) is 6.04 Å². The van der Waals surface area contributed by atoms with Crippen molar-refractivity contribution < 1.29 is 14.3 Å². The number of para-hydroxylation sites is 1. The Kier molecular flexibility index (Phi) is 8.92. The predicted octanol–water partition coefficient (Wildman–Crippen LogP) is 3.44. The molecule has 0 aromatic heterocycles. The maximum absolute atomic E-state index is 13.4. The molecule has 0 unspecified atom stereocenters. The zero-order valence-electron chi connectivity index (χ0n) is 21.5. The number of hydrogen-bond donors (Lipinski definition) is 3. The molecule has 190 valence electrons. The second kappa shape index (κ2) is 11.7. The summed E-state index contributed by atoms with van der Waals surface area (Å²) in [6, 6.07) is 17.4. The van der Waals surface area contributed by atoms with Crippen molar-refractivity contribution in [3.63, 3.8) is 0 Å². The molecule has 1 atom stereocenters. The number of rotatable bonds is 7. The molecule has 1 saturated heterocycles. The minimum Gasteiger partial charge on any atom is -0.384 e. The predicted molar refractivity (Wildman–Crippen MR) is 140 cm³/mol. The molecular weight excluding hydrogens is 440 g/mol. The first-order chi connectivity index (χ1) is 16.8. The maximum Gasteiger partial charge on any atom is 0.247 e. The molecule has 2 amide bonds. The summed E-state index contributed by atoms with van der Waals surface area (Å²) < 4.78 is 5.83. The second-order valence-electron chi connectivity index (χ2n) is 9.75. The summed E-state index contributed by atoms with van der Waals surface area (Å²) in [7, 11) is 0. The highest BCUT2D eigenvalue weighted by atomic mass is 16.5. The van der Waals surface area contributed by atoms with Crippen LogP contribution in [0.15, 0.2) is 54.6 Å². The third kappa shape index (κ3) is 6.41. The van der Waals surface area contributed by atoms with Gasteiger partial charge in [-0.1, -0.05) is 62.4 Å². The van der Waals surface area contributed by atoms with E-state index in [1.807, 2.05) is 55.1 Å². The lowest BCUT2D eigenvalue weighted by Gasteiger charge is -2.40. The fourth-order valence-electron chi connectivity index (χ4n) is 4.67. The molecule has 0 radical (unpaired) electrons. The first-order valence-electron chi connectivity index (χ1n) is 12.6. The normalized spacial score (nSPS) is 17.0. The van der Waals surface area contributed by atoms with E-state index in [9.17, 15) is 9.59 Å². The standard InChI is InChI=1S/C26H34N4O3.C2H6/c1-25(2,27)24(32)29-22(17-33-16-19-8-4-3-5-9-19)23(31)30-14-12-26(13-15-30)18-28-21-11-7-6-10-20(21)26;1-2/h3-11,22,28H,12-18,27H2,1-2H3,(H,29,32);1-2H3/t22-;/m1./s1. The van der Waals surface area contributed by atoms with Crippen LogP contribution in [-0.4, -0.2) is 54.5 Å². The highest BCUT2D eigenvalue weighted by Crippen LogP contribution is 2.43. The van der Waals surface area contributed by atoms with Crippen LogP contribution >= 0.6 is 0 Å². The number of hydrogen-bond acceptors (Lipinski definition) is 5. The summed E-state index contributed by atoms with van der Waals surface area (Å²) in [6.45, 7) is 9.92. The van der Waals surface area contributed by atoms with E-state index >= 15 is 0 Å². The summed E-state index contributed by atoms with van der Waals surface area (Å²) in [5.74, 6) is -0.485. The molecule has 2 aliphatic rings. The van der Waals surface area contributed by atoms with Gasteiger partial charge in [-0.15, -0.1) is 0 Å². The van der Waals surface area contributed by atoms with Crippen molar-refractivity contribution in [1.29, 1.82) is 0 Å². The molecule has 2 aliphatic heterocycles. The number of ether oxygens (including phenoxy) is 1. The molecule has 1 fully saturated rings. The minimum atomic E-state index is -1.08. The third-order valence-electron chi connectivity index (χ3n) is 6.73. The number of nitrogens with zero attached hydrogens (tertiary/aromatic N) is 1. The van der Waals surface area contributed by atoms with Crippen molar-refractivity contribution in [2.75, 3.05) is 31.6 Å². The lowest BCUT2D eigenvalue weighted by molar-refractivity contribution is -0.140. The topological polar surface area (TPSA) is 96.7 Å². The Morgan fingerprint density at radius 2 is 1.71 bits per heavy atom. The molecule has 0 saturated carbocycles. The van der Waals surface area contributed by atoms with Crippen LogP contribution in [0.4, 0.5) is 5.69 Å². The zero-order chi connectivity index (χ0) is 25.5. The van der Waals surface area contributed by atoms with Gasteiger partial charge in [-0.3, -0.25) is 9.59 Å². The average Bonchev–Trinajstić information content (AvgIpc) is 3.23. The Hall–Kier alpha value is -2.90. The summed E-state index contributed by atoms with van der Waals surface area (Å²) in [5, 5.41) is 6.34. The van der Waals surface area contributed by atoms with Gasteiger partial charge < -0.3 is 26.0 Å². The first-order valence-corrected chi connectivity index (χ1v) is 12.6. The van der Waals surface area contributed by atoms with Gasteiger partial charge in [0.25, 0.3) is 0 Å². The van der Waals surface area contributed by atoms with E-state index in [1.165, 1.54) is 11.3 Å². The lowest BCUT2D eigenvalue weighted by Crippen LogP contribution is -2.59. The molecule has 0 bridgehead atoms. The second-order valence-corrected chi connectivity index (χ2v) is 9.75. The first kappa shape index (κ1) is 26.7. The van der Waals surface area contributed by atoms with Gasteiger partial charge in [-0.2, -0.15) is 0 Å². The van der Waals surface area contributed by atoms with Crippen molar-refractivity contribution in [2.24, 2.45) is 5.73 Å². The highest BCUT2D eigenvalue weighted by molar-refractivity contribution is 5.91. The molecule has 4 rings (SSSR count). The van der Waals surface area contributed by atoms with Crippen LogP contribution in [0.2, 0.25) is 0 Å². The van der Waals surface area contributed by atoms with Crippen molar-refractivity contribution in [1.82, 2.24) is 10.2 Å². The van der Waals surface area contributed by atoms with Gasteiger partial charge in [0.2, 0.25) is 11.8 Å². The molecule has 0 aliphatic carbocycles. The smallest absolute Gasteiger partial charge is 0.247 e. The number of anilines is 1. The molecule has 4 N–H and O–H groups in total. The van der Waals surface area contributed by atoms with E-state index < -0.39 is 11.6 Å². The number of fused-ring (bicyclic) bond motifs is 2. The van der Waals surface area contributed by atoms with Crippen molar-refractivity contribution in [3.05, 3.63) is 65.7 Å². The number of piperidine rings is 1. The van der Waals surface area contributed by atoms with Crippen LogP contribution in [0.3, 0.4) is 0 Å². The van der Waals surface area contributed by atoms with E-state index in [4.69, 9.17) is 10.5 Å². The summed E-state index contributed by atoms with van der Waals surface area (Å²) >= 11 is 0. The van der Waals surface area contributed by atoms with Gasteiger partial charge in [-0.25, -0.2) is 0 Å². The fraction of sp³-hybridized carbons (Fsp3) is 0.500. The molecule has 1 spiro atoms. The molecule has 7 heteroatoms. The Morgan fingerprint density at radius 3 is 2.37 bits per heavy atom. The maximum atomic E-state index is 13.4. The summed E-state index contributed by atoms with van der Waals surface area (Å²) in [5.41, 5.74) is 8.51. The number of nitrogens with two attached hydrogens (primary N) is 1.